The third-order valence-electron chi connectivity index (χ3n) is 4.62. The van der Waals surface area contributed by atoms with E-state index in [1.165, 1.54) is 0 Å². The molecule has 2 aromatic heterocycles. The van der Waals surface area contributed by atoms with Crippen molar-refractivity contribution in [1.29, 1.82) is 0 Å². The van der Waals surface area contributed by atoms with Crippen molar-refractivity contribution in [1.82, 2.24) is 24.8 Å². The summed E-state index contributed by atoms with van der Waals surface area (Å²) in [6.07, 6.45) is 4.73. The van der Waals surface area contributed by atoms with E-state index in [-0.39, 0.29) is 5.91 Å². The fourth-order valence-electron chi connectivity index (χ4n) is 3.36. The van der Waals surface area contributed by atoms with Crippen LogP contribution in [0.1, 0.15) is 16.1 Å². The van der Waals surface area contributed by atoms with Gasteiger partial charge >= 0.3 is 0 Å². The van der Waals surface area contributed by atoms with Gasteiger partial charge in [-0.3, -0.25) is 9.69 Å². The van der Waals surface area contributed by atoms with Crippen molar-refractivity contribution >= 4 is 16.8 Å². The molecule has 3 aromatic rings. The maximum absolute atomic E-state index is 12.9. The number of aromatic amines is 2. The number of fused-ring (bicyclic) bond motifs is 1. The Bertz CT molecular complexity index is 857. The van der Waals surface area contributed by atoms with E-state index in [0.29, 0.717) is 38.3 Å². The van der Waals surface area contributed by atoms with Crippen molar-refractivity contribution in [3.63, 3.8) is 0 Å². The minimum absolute atomic E-state index is 0.0426. The molecule has 0 spiro atoms. The predicted octanol–water partition coefficient (Wildman–Crippen LogP) is 1.21. The summed E-state index contributed by atoms with van der Waals surface area (Å²) in [5.74, 6) is -0.0426. The Morgan fingerprint density at radius 1 is 1.24 bits per heavy atom. The molecule has 130 valence electrons. The average molecular weight is 339 g/mol. The fraction of sp³-hybridized carbons (Fsp3) is 0.333. The molecule has 0 radical (unpaired) electrons. The highest BCUT2D eigenvalue weighted by molar-refractivity contribution is 5.98. The molecule has 0 saturated carbocycles. The van der Waals surface area contributed by atoms with Crippen molar-refractivity contribution in [3.05, 3.63) is 54.2 Å². The molecular formula is C18H21N5O2. The van der Waals surface area contributed by atoms with Crippen LogP contribution in [0.3, 0.4) is 0 Å². The Labute approximate surface area is 145 Å². The molecule has 1 aliphatic rings. The van der Waals surface area contributed by atoms with Crippen LogP contribution in [0.25, 0.3) is 10.9 Å². The van der Waals surface area contributed by atoms with Crippen LogP contribution in [0.4, 0.5) is 0 Å². The molecule has 0 aliphatic carbocycles. The summed E-state index contributed by atoms with van der Waals surface area (Å²) in [5.41, 5.74) is 2.59. The Kier molecular flexibility index (Phi) is 4.25. The topological polar surface area (TPSA) is 88.3 Å². The van der Waals surface area contributed by atoms with Gasteiger partial charge in [0.2, 0.25) is 0 Å². The number of aliphatic hydroxyl groups is 1. The molecule has 0 bridgehead atoms. The molecule has 1 saturated heterocycles. The summed E-state index contributed by atoms with van der Waals surface area (Å²) in [6.45, 7) is 2.88. The Morgan fingerprint density at radius 3 is 3.00 bits per heavy atom. The lowest BCUT2D eigenvalue weighted by Crippen LogP contribution is -2.37. The van der Waals surface area contributed by atoms with Gasteiger partial charge in [-0.15, -0.1) is 0 Å². The number of rotatable bonds is 3. The third-order valence-corrected chi connectivity index (χ3v) is 4.62. The molecule has 1 unspecified atom stereocenters. The van der Waals surface area contributed by atoms with E-state index in [1.807, 2.05) is 30.5 Å². The van der Waals surface area contributed by atoms with Crippen LogP contribution in [0.5, 0.6) is 0 Å². The summed E-state index contributed by atoms with van der Waals surface area (Å²) < 4.78 is 0. The number of carbonyl (C=O) groups excluding carboxylic acids is 1. The lowest BCUT2D eigenvalue weighted by Gasteiger charge is -2.22. The highest BCUT2D eigenvalue weighted by Crippen LogP contribution is 2.17. The van der Waals surface area contributed by atoms with Gasteiger partial charge in [0.05, 0.1) is 12.4 Å². The van der Waals surface area contributed by atoms with E-state index in [1.54, 1.807) is 17.4 Å². The van der Waals surface area contributed by atoms with E-state index in [9.17, 15) is 9.90 Å². The van der Waals surface area contributed by atoms with Gasteiger partial charge in [-0.05, 0) is 23.6 Å². The van der Waals surface area contributed by atoms with Crippen LogP contribution in [0, 0.1) is 0 Å². The minimum atomic E-state index is -0.566. The van der Waals surface area contributed by atoms with Crippen LogP contribution in [-0.4, -0.2) is 68.0 Å². The van der Waals surface area contributed by atoms with Crippen molar-refractivity contribution < 1.29 is 9.90 Å². The molecule has 7 nitrogen and oxygen atoms in total. The largest absolute Gasteiger partial charge is 0.390 e. The summed E-state index contributed by atoms with van der Waals surface area (Å²) in [4.78, 5) is 27.0. The molecule has 1 fully saturated rings. The smallest absolute Gasteiger partial charge is 0.254 e. The molecule has 7 heteroatoms. The first-order valence-corrected chi connectivity index (χ1v) is 8.43. The zero-order valence-corrected chi connectivity index (χ0v) is 13.9. The molecule has 3 N–H and O–H groups in total. The van der Waals surface area contributed by atoms with Crippen molar-refractivity contribution in [2.75, 3.05) is 26.2 Å². The van der Waals surface area contributed by atoms with E-state index in [0.717, 1.165) is 16.6 Å². The number of hydrogen-bond acceptors (Lipinski definition) is 4. The van der Waals surface area contributed by atoms with Gasteiger partial charge in [0.15, 0.2) is 0 Å². The van der Waals surface area contributed by atoms with Gasteiger partial charge in [0, 0.05) is 61.9 Å². The molecule has 3 heterocycles. The van der Waals surface area contributed by atoms with Crippen LogP contribution >= 0.6 is 0 Å². The second kappa shape index (κ2) is 6.70. The first-order valence-electron chi connectivity index (χ1n) is 8.43. The zero-order chi connectivity index (χ0) is 17.2. The number of hydrogen-bond donors (Lipinski definition) is 3. The highest BCUT2D eigenvalue weighted by Gasteiger charge is 2.25. The van der Waals surface area contributed by atoms with Crippen LogP contribution in [0.2, 0.25) is 0 Å². The summed E-state index contributed by atoms with van der Waals surface area (Å²) in [7, 11) is 0. The second-order valence-electron chi connectivity index (χ2n) is 6.50. The number of benzene rings is 1. The highest BCUT2D eigenvalue weighted by atomic mass is 16.3. The van der Waals surface area contributed by atoms with E-state index >= 15 is 0 Å². The monoisotopic (exact) mass is 339 g/mol. The zero-order valence-electron chi connectivity index (χ0n) is 13.9. The second-order valence-corrected chi connectivity index (χ2v) is 6.50. The van der Waals surface area contributed by atoms with Crippen LogP contribution < -0.4 is 0 Å². The number of carbonyl (C=O) groups is 1. The van der Waals surface area contributed by atoms with E-state index in [4.69, 9.17) is 0 Å². The maximum atomic E-state index is 12.9. The summed E-state index contributed by atoms with van der Waals surface area (Å²) >= 11 is 0. The number of nitrogens with one attached hydrogen (secondary N) is 2. The lowest BCUT2D eigenvalue weighted by molar-refractivity contribution is 0.0663. The first kappa shape index (κ1) is 15.9. The first-order chi connectivity index (χ1) is 12.2. The molecule has 1 atom stereocenters. The number of H-pyrrole nitrogens is 2. The fourth-order valence-corrected chi connectivity index (χ4v) is 3.36. The normalized spacial score (nSPS) is 19.2. The Balaban J connectivity index is 1.47. The number of aliphatic hydroxyl groups excluding tert-OH is 1. The standard InChI is InChI=1S/C18H21N5O2/c24-16-10-22(9-15-8-19-12-21-15)5-6-23(11-16)18(25)14-2-1-13-3-4-20-17(13)7-14/h1-4,7-8,12,16,20,24H,5-6,9-11H2,(H,19,21). The van der Waals surface area contributed by atoms with E-state index < -0.39 is 6.10 Å². The summed E-state index contributed by atoms with van der Waals surface area (Å²) in [5, 5.41) is 11.4. The molecular weight excluding hydrogens is 318 g/mol. The van der Waals surface area contributed by atoms with Gasteiger partial charge in [-0.25, -0.2) is 4.98 Å². The molecule has 1 aromatic carbocycles. The van der Waals surface area contributed by atoms with Gasteiger partial charge in [-0.2, -0.15) is 0 Å². The van der Waals surface area contributed by atoms with E-state index in [2.05, 4.69) is 19.9 Å². The number of imidazole rings is 1. The number of amides is 1. The van der Waals surface area contributed by atoms with Crippen LogP contribution in [-0.2, 0) is 6.54 Å². The van der Waals surface area contributed by atoms with Gasteiger partial charge in [0.25, 0.3) is 5.91 Å². The average Bonchev–Trinajstić information content (AvgIpc) is 3.24. The molecule has 4 rings (SSSR count). The van der Waals surface area contributed by atoms with Crippen LogP contribution in [0.15, 0.2) is 43.0 Å². The summed E-state index contributed by atoms with van der Waals surface area (Å²) in [6, 6.07) is 7.64. The Morgan fingerprint density at radius 2 is 2.16 bits per heavy atom. The lowest BCUT2D eigenvalue weighted by atomic mass is 10.1. The number of nitrogens with zero attached hydrogens (tertiary/aromatic N) is 3. The molecule has 25 heavy (non-hydrogen) atoms. The number of β-amino-alcohol motifs (C(OH)–C–C–N with tert-alkyl or cyclic N) is 1. The molecule has 1 aliphatic heterocycles. The van der Waals surface area contributed by atoms with Crippen molar-refractivity contribution in [2.45, 2.75) is 12.6 Å². The maximum Gasteiger partial charge on any atom is 0.254 e. The number of aromatic nitrogens is 3. The minimum Gasteiger partial charge on any atom is -0.390 e. The van der Waals surface area contributed by atoms with Crippen molar-refractivity contribution in [2.24, 2.45) is 0 Å². The quantitative estimate of drug-likeness (QED) is 0.669. The van der Waals surface area contributed by atoms with Crippen molar-refractivity contribution in [3.8, 4) is 0 Å². The Hall–Kier alpha value is -2.64. The van der Waals surface area contributed by atoms with Gasteiger partial charge in [0.1, 0.15) is 0 Å². The predicted molar refractivity (Wildman–Crippen MR) is 94.1 cm³/mol. The van der Waals surface area contributed by atoms with Gasteiger partial charge in [-0.1, -0.05) is 6.07 Å². The van der Waals surface area contributed by atoms with Gasteiger partial charge < -0.3 is 20.0 Å². The third kappa shape index (κ3) is 3.42. The molecule has 1 amide bonds. The SMILES string of the molecule is O=C(c1ccc2cc[nH]c2c1)N1CCN(Cc2cnc[nH]2)CC(O)C1.